The Kier molecular flexibility index (Phi) is 4.15. The lowest BCUT2D eigenvalue weighted by atomic mass is 10.1. The number of carbonyl (C=O) groups is 2. The number of fused-ring (bicyclic) bond motifs is 1. The van der Waals surface area contributed by atoms with Crippen molar-refractivity contribution in [3.63, 3.8) is 0 Å². The minimum absolute atomic E-state index is 0.0399. The van der Waals surface area contributed by atoms with E-state index in [0.29, 0.717) is 50.7 Å². The number of rotatable bonds is 4. The van der Waals surface area contributed by atoms with E-state index in [0.717, 1.165) is 0 Å². The molecular formula is C15H19N3O4. The molecule has 7 heteroatoms. The van der Waals surface area contributed by atoms with Crippen molar-refractivity contribution in [1.82, 2.24) is 9.80 Å². The van der Waals surface area contributed by atoms with E-state index in [1.54, 1.807) is 34.1 Å². The van der Waals surface area contributed by atoms with Crippen LogP contribution in [0.4, 0.5) is 4.79 Å². The molecule has 7 nitrogen and oxygen atoms in total. The molecule has 2 fully saturated rings. The molecule has 22 heavy (non-hydrogen) atoms. The van der Waals surface area contributed by atoms with Crippen LogP contribution in [0.15, 0.2) is 24.3 Å². The maximum Gasteiger partial charge on any atom is 0.410 e. The van der Waals surface area contributed by atoms with Gasteiger partial charge in [0.25, 0.3) is 5.91 Å². The molecule has 0 aromatic heterocycles. The number of benzene rings is 1. The van der Waals surface area contributed by atoms with Crippen molar-refractivity contribution in [2.75, 3.05) is 39.4 Å². The fourth-order valence-electron chi connectivity index (χ4n) is 2.75. The van der Waals surface area contributed by atoms with Crippen molar-refractivity contribution < 1.29 is 19.1 Å². The molecule has 0 spiro atoms. The second-order valence-corrected chi connectivity index (χ2v) is 5.34. The first-order valence-corrected chi connectivity index (χ1v) is 7.34. The number of amides is 2. The smallest absolute Gasteiger partial charge is 0.410 e. The molecular weight excluding hydrogens is 286 g/mol. The molecule has 0 unspecified atom stereocenters. The Labute approximate surface area is 128 Å². The van der Waals surface area contributed by atoms with Gasteiger partial charge in [-0.05, 0) is 18.2 Å². The number of nitrogens with two attached hydrogens (primary N) is 1. The van der Waals surface area contributed by atoms with Crippen LogP contribution >= 0.6 is 0 Å². The molecule has 2 aliphatic rings. The molecule has 2 saturated heterocycles. The molecule has 0 bridgehead atoms. The summed E-state index contributed by atoms with van der Waals surface area (Å²) in [6, 6.07) is 7.04. The van der Waals surface area contributed by atoms with Crippen molar-refractivity contribution in [1.29, 1.82) is 0 Å². The first-order chi connectivity index (χ1) is 10.7. The summed E-state index contributed by atoms with van der Waals surface area (Å²) in [6.45, 7) is 2.71. The van der Waals surface area contributed by atoms with Crippen LogP contribution in [0.25, 0.3) is 0 Å². The van der Waals surface area contributed by atoms with Crippen molar-refractivity contribution in [3.8, 4) is 5.75 Å². The van der Waals surface area contributed by atoms with Crippen LogP contribution in [0.5, 0.6) is 5.75 Å². The zero-order valence-electron chi connectivity index (χ0n) is 12.2. The predicted octanol–water partition coefficient (Wildman–Crippen LogP) is 0.301. The van der Waals surface area contributed by atoms with Gasteiger partial charge in [-0.25, -0.2) is 4.79 Å². The van der Waals surface area contributed by atoms with Gasteiger partial charge in [0.05, 0.1) is 6.04 Å². The topological polar surface area (TPSA) is 85.1 Å². The van der Waals surface area contributed by atoms with E-state index in [-0.39, 0.29) is 18.0 Å². The van der Waals surface area contributed by atoms with Gasteiger partial charge in [-0.1, -0.05) is 6.07 Å². The molecule has 0 aliphatic carbocycles. The van der Waals surface area contributed by atoms with Crippen molar-refractivity contribution in [2.24, 2.45) is 5.73 Å². The first-order valence-electron chi connectivity index (χ1n) is 7.34. The van der Waals surface area contributed by atoms with Crippen LogP contribution in [0.3, 0.4) is 0 Å². The number of piperazine rings is 1. The van der Waals surface area contributed by atoms with E-state index in [4.69, 9.17) is 15.2 Å². The van der Waals surface area contributed by atoms with E-state index in [9.17, 15) is 9.59 Å². The second kappa shape index (κ2) is 6.23. The Morgan fingerprint density at radius 2 is 2.27 bits per heavy atom. The largest absolute Gasteiger partial charge is 0.492 e. The molecule has 2 N–H and O–H groups in total. The molecule has 3 rings (SSSR count). The van der Waals surface area contributed by atoms with Gasteiger partial charge in [-0.15, -0.1) is 0 Å². The molecule has 2 aliphatic heterocycles. The monoisotopic (exact) mass is 305 g/mol. The Hall–Kier alpha value is -2.28. The molecule has 2 amide bonds. The Morgan fingerprint density at radius 1 is 1.41 bits per heavy atom. The fraction of sp³-hybridized carbons (Fsp3) is 0.467. The predicted molar refractivity (Wildman–Crippen MR) is 78.7 cm³/mol. The van der Waals surface area contributed by atoms with Gasteiger partial charge in [0.1, 0.15) is 19.0 Å². The maximum absolute atomic E-state index is 12.6. The lowest BCUT2D eigenvalue weighted by Crippen LogP contribution is -2.53. The van der Waals surface area contributed by atoms with E-state index < -0.39 is 0 Å². The highest BCUT2D eigenvalue weighted by atomic mass is 16.6. The van der Waals surface area contributed by atoms with Gasteiger partial charge in [0.2, 0.25) is 0 Å². The van der Waals surface area contributed by atoms with Crippen molar-refractivity contribution in [3.05, 3.63) is 29.8 Å². The number of nitrogens with zero attached hydrogens (tertiary/aromatic N) is 2. The van der Waals surface area contributed by atoms with Crippen LogP contribution in [-0.4, -0.2) is 67.2 Å². The lowest BCUT2D eigenvalue weighted by Gasteiger charge is -2.35. The normalized spacial score (nSPS) is 20.6. The number of hydrogen-bond acceptors (Lipinski definition) is 5. The summed E-state index contributed by atoms with van der Waals surface area (Å²) < 4.78 is 10.5. The van der Waals surface area contributed by atoms with Gasteiger partial charge in [0, 0.05) is 31.7 Å². The van der Waals surface area contributed by atoms with Crippen LogP contribution in [0, 0.1) is 0 Å². The average Bonchev–Trinajstić information content (AvgIpc) is 2.93. The highest BCUT2D eigenvalue weighted by molar-refractivity contribution is 5.94. The maximum atomic E-state index is 12.6. The van der Waals surface area contributed by atoms with Crippen LogP contribution in [0.2, 0.25) is 0 Å². The highest BCUT2D eigenvalue weighted by Crippen LogP contribution is 2.21. The third kappa shape index (κ3) is 2.85. The third-order valence-corrected chi connectivity index (χ3v) is 3.87. The quantitative estimate of drug-likeness (QED) is 0.865. The van der Waals surface area contributed by atoms with Crippen LogP contribution < -0.4 is 10.5 Å². The van der Waals surface area contributed by atoms with Gasteiger partial charge < -0.3 is 20.1 Å². The number of carbonyl (C=O) groups excluding carboxylic acids is 2. The summed E-state index contributed by atoms with van der Waals surface area (Å²) in [5.74, 6) is 0.575. The van der Waals surface area contributed by atoms with Crippen molar-refractivity contribution in [2.45, 2.75) is 6.04 Å². The van der Waals surface area contributed by atoms with E-state index in [2.05, 4.69) is 0 Å². The Bertz CT molecular complexity index is 578. The zero-order valence-corrected chi connectivity index (χ0v) is 12.2. The van der Waals surface area contributed by atoms with E-state index in [1.165, 1.54) is 0 Å². The zero-order chi connectivity index (χ0) is 15.5. The lowest BCUT2D eigenvalue weighted by molar-refractivity contribution is 0.0616. The summed E-state index contributed by atoms with van der Waals surface area (Å²) >= 11 is 0. The van der Waals surface area contributed by atoms with E-state index >= 15 is 0 Å². The second-order valence-electron chi connectivity index (χ2n) is 5.34. The molecule has 0 radical (unpaired) electrons. The summed E-state index contributed by atoms with van der Waals surface area (Å²) in [6.07, 6.45) is -0.283. The number of ether oxygens (including phenoxy) is 2. The third-order valence-electron chi connectivity index (χ3n) is 3.87. The van der Waals surface area contributed by atoms with Gasteiger partial charge in [-0.3, -0.25) is 9.69 Å². The minimum Gasteiger partial charge on any atom is -0.492 e. The van der Waals surface area contributed by atoms with E-state index in [1.807, 2.05) is 0 Å². The van der Waals surface area contributed by atoms with Crippen molar-refractivity contribution >= 4 is 12.0 Å². The molecule has 118 valence electrons. The molecule has 1 atom stereocenters. The fourth-order valence-corrected chi connectivity index (χ4v) is 2.75. The summed E-state index contributed by atoms with van der Waals surface area (Å²) in [5, 5.41) is 0. The number of hydrogen-bond donors (Lipinski definition) is 1. The van der Waals surface area contributed by atoms with Gasteiger partial charge >= 0.3 is 6.09 Å². The first kappa shape index (κ1) is 14.6. The molecule has 1 aromatic carbocycles. The Balaban J connectivity index is 1.68. The highest BCUT2D eigenvalue weighted by Gasteiger charge is 2.38. The Morgan fingerprint density at radius 3 is 3.09 bits per heavy atom. The average molecular weight is 305 g/mol. The minimum atomic E-state index is -0.283. The summed E-state index contributed by atoms with van der Waals surface area (Å²) in [7, 11) is 0. The number of cyclic esters (lactones) is 1. The molecule has 1 aromatic rings. The van der Waals surface area contributed by atoms with Gasteiger partial charge in [0.15, 0.2) is 0 Å². The standard InChI is InChI=1S/C15H19N3O4/c16-4-7-21-13-3-1-2-11(8-13)14(19)17-5-6-18-12(9-17)10-22-15(18)20/h1-3,8,12H,4-7,9-10,16H2/t12-/m0/s1. The van der Waals surface area contributed by atoms with Crippen LogP contribution in [0.1, 0.15) is 10.4 Å². The SMILES string of the molecule is NCCOc1cccc(C(=O)N2CCN3C(=O)OC[C@@H]3C2)c1. The summed E-state index contributed by atoms with van der Waals surface area (Å²) in [5.41, 5.74) is 5.98. The summed E-state index contributed by atoms with van der Waals surface area (Å²) in [4.78, 5) is 27.5. The molecule has 2 heterocycles. The van der Waals surface area contributed by atoms with Crippen LogP contribution in [-0.2, 0) is 4.74 Å². The molecule has 0 saturated carbocycles. The van der Waals surface area contributed by atoms with Gasteiger partial charge in [-0.2, -0.15) is 0 Å².